The number of nitrogen functional groups attached to an aromatic ring is 1. The normalized spacial score (nSPS) is 19.5. The third kappa shape index (κ3) is 3.88. The van der Waals surface area contributed by atoms with Crippen LogP contribution in [0.1, 0.15) is 18.4 Å². The van der Waals surface area contributed by atoms with Gasteiger partial charge in [0.1, 0.15) is 9.84 Å². The molecule has 0 spiro atoms. The topological polar surface area (TPSA) is 106 Å². The van der Waals surface area contributed by atoms with Gasteiger partial charge in [0, 0.05) is 16.8 Å². The van der Waals surface area contributed by atoms with Crippen molar-refractivity contribution in [2.24, 2.45) is 0 Å². The van der Waals surface area contributed by atoms with E-state index in [1.165, 1.54) is 12.1 Å². The maximum absolute atomic E-state index is 12.3. The van der Waals surface area contributed by atoms with Crippen molar-refractivity contribution in [3.05, 3.63) is 22.7 Å². The summed E-state index contributed by atoms with van der Waals surface area (Å²) >= 11 is 5.95. The van der Waals surface area contributed by atoms with E-state index in [0.717, 1.165) is 0 Å². The van der Waals surface area contributed by atoms with Crippen LogP contribution in [0.25, 0.3) is 0 Å². The highest BCUT2D eigenvalue weighted by Gasteiger charge is 2.28. The largest absolute Gasteiger partial charge is 0.398 e. The molecular weight excluding hydrogens is 336 g/mol. The Kier molecular flexibility index (Phi) is 4.53. The fourth-order valence-electron chi connectivity index (χ4n) is 2.12. The molecule has 1 fully saturated rings. The molecule has 0 saturated carbocycles. The van der Waals surface area contributed by atoms with Gasteiger partial charge in [-0.1, -0.05) is 11.6 Å². The molecule has 2 rings (SSSR count). The van der Waals surface area contributed by atoms with Crippen LogP contribution in [0.15, 0.2) is 17.0 Å². The van der Waals surface area contributed by atoms with Crippen LogP contribution in [0.4, 0.5) is 5.69 Å². The van der Waals surface area contributed by atoms with Crippen molar-refractivity contribution in [1.82, 2.24) is 4.72 Å². The van der Waals surface area contributed by atoms with Gasteiger partial charge in [-0.25, -0.2) is 21.6 Å². The van der Waals surface area contributed by atoms with Gasteiger partial charge in [-0.2, -0.15) is 0 Å². The van der Waals surface area contributed by atoms with Crippen LogP contribution in [-0.4, -0.2) is 34.4 Å². The molecule has 0 atom stereocenters. The Morgan fingerprint density at radius 1 is 1.29 bits per heavy atom. The highest BCUT2D eigenvalue weighted by Crippen LogP contribution is 2.26. The Bertz CT molecular complexity index is 722. The molecule has 118 valence electrons. The van der Waals surface area contributed by atoms with Crippen molar-refractivity contribution in [2.75, 3.05) is 17.2 Å². The second-order valence-corrected chi connectivity index (χ2v) is 9.59. The fraction of sp³-hybridized carbons (Fsp3) is 0.500. The second-order valence-electron chi connectivity index (χ2n) is 5.17. The molecule has 0 radical (unpaired) electrons. The molecule has 6 nitrogen and oxygen atoms in total. The number of hydrogen-bond acceptors (Lipinski definition) is 5. The first-order valence-electron chi connectivity index (χ1n) is 6.39. The van der Waals surface area contributed by atoms with Crippen molar-refractivity contribution in [2.45, 2.75) is 30.7 Å². The molecule has 1 saturated heterocycles. The molecule has 0 unspecified atom stereocenters. The number of hydrogen-bond donors (Lipinski definition) is 2. The first-order chi connectivity index (χ1) is 9.61. The highest BCUT2D eigenvalue weighted by molar-refractivity contribution is 7.91. The van der Waals surface area contributed by atoms with Crippen LogP contribution >= 0.6 is 11.6 Å². The van der Waals surface area contributed by atoms with Crippen LogP contribution in [0.3, 0.4) is 0 Å². The van der Waals surface area contributed by atoms with E-state index in [4.69, 9.17) is 17.3 Å². The Morgan fingerprint density at radius 2 is 1.86 bits per heavy atom. The molecule has 0 bridgehead atoms. The van der Waals surface area contributed by atoms with Crippen molar-refractivity contribution in [1.29, 1.82) is 0 Å². The number of halogens is 1. The average molecular weight is 353 g/mol. The lowest BCUT2D eigenvalue weighted by molar-refractivity contribution is 0.505. The molecule has 1 heterocycles. The number of nitrogens with two attached hydrogens (primary N) is 1. The molecule has 0 aromatic heterocycles. The molecule has 0 amide bonds. The SMILES string of the molecule is Cc1c(N)cc(S(=O)(=O)NC2CCS(=O)(=O)CC2)cc1Cl. The molecule has 9 heteroatoms. The number of sulfonamides is 1. The van der Waals surface area contributed by atoms with E-state index in [2.05, 4.69) is 4.72 Å². The molecule has 1 aromatic carbocycles. The molecule has 21 heavy (non-hydrogen) atoms. The Hall–Kier alpha value is -0.830. The van der Waals surface area contributed by atoms with Crippen molar-refractivity contribution in [3.8, 4) is 0 Å². The van der Waals surface area contributed by atoms with E-state index in [1.54, 1.807) is 6.92 Å². The van der Waals surface area contributed by atoms with Gasteiger partial charge < -0.3 is 5.73 Å². The first kappa shape index (κ1) is 16.5. The predicted octanol–water partition coefficient (Wildman–Crippen LogP) is 1.09. The molecule has 1 aromatic rings. The molecule has 3 N–H and O–H groups in total. The van der Waals surface area contributed by atoms with E-state index in [1.807, 2.05) is 0 Å². The van der Waals surface area contributed by atoms with Crippen LogP contribution in [0.2, 0.25) is 5.02 Å². The quantitative estimate of drug-likeness (QED) is 0.792. The van der Waals surface area contributed by atoms with E-state index >= 15 is 0 Å². The second kappa shape index (κ2) is 5.75. The third-order valence-corrected chi connectivity index (χ3v) is 7.15. The minimum Gasteiger partial charge on any atom is -0.398 e. The van der Waals surface area contributed by atoms with Crippen molar-refractivity contribution in [3.63, 3.8) is 0 Å². The van der Waals surface area contributed by atoms with Crippen LogP contribution in [0, 0.1) is 6.92 Å². The number of nitrogens with one attached hydrogen (secondary N) is 1. The number of sulfone groups is 1. The summed E-state index contributed by atoms with van der Waals surface area (Å²) in [6.07, 6.45) is 0.549. The van der Waals surface area contributed by atoms with Gasteiger partial charge in [-0.15, -0.1) is 0 Å². The summed E-state index contributed by atoms with van der Waals surface area (Å²) in [4.78, 5) is -0.0102. The van der Waals surface area contributed by atoms with Crippen LogP contribution in [-0.2, 0) is 19.9 Å². The molecule has 1 aliphatic rings. The van der Waals surface area contributed by atoms with E-state index in [-0.39, 0.29) is 40.3 Å². The molecular formula is C12H17ClN2O4S2. The zero-order valence-electron chi connectivity index (χ0n) is 11.5. The average Bonchev–Trinajstić information content (AvgIpc) is 2.38. The van der Waals surface area contributed by atoms with E-state index in [0.29, 0.717) is 11.3 Å². The lowest BCUT2D eigenvalue weighted by Crippen LogP contribution is -2.40. The number of benzene rings is 1. The Morgan fingerprint density at radius 3 is 2.38 bits per heavy atom. The van der Waals surface area contributed by atoms with Crippen molar-refractivity contribution >= 4 is 37.1 Å². The van der Waals surface area contributed by atoms with Crippen molar-refractivity contribution < 1.29 is 16.8 Å². The summed E-state index contributed by atoms with van der Waals surface area (Å²) in [5, 5.41) is 0.279. The van der Waals surface area contributed by atoms with Gasteiger partial charge in [0.2, 0.25) is 10.0 Å². The van der Waals surface area contributed by atoms with E-state index < -0.39 is 19.9 Å². The maximum Gasteiger partial charge on any atom is 0.240 e. The van der Waals surface area contributed by atoms with Gasteiger partial charge in [0.25, 0.3) is 0 Å². The summed E-state index contributed by atoms with van der Waals surface area (Å²) in [6, 6.07) is 2.30. The van der Waals surface area contributed by atoms with Gasteiger partial charge in [0.15, 0.2) is 0 Å². The maximum atomic E-state index is 12.3. The Labute approximate surface area is 129 Å². The smallest absolute Gasteiger partial charge is 0.240 e. The Balaban J connectivity index is 2.20. The first-order valence-corrected chi connectivity index (χ1v) is 10.1. The number of rotatable bonds is 3. The predicted molar refractivity (Wildman–Crippen MR) is 82.6 cm³/mol. The zero-order valence-corrected chi connectivity index (χ0v) is 13.9. The third-order valence-electron chi connectivity index (χ3n) is 3.54. The summed E-state index contributed by atoms with van der Waals surface area (Å²) in [5.41, 5.74) is 6.66. The van der Waals surface area contributed by atoms with Gasteiger partial charge in [-0.05, 0) is 37.5 Å². The van der Waals surface area contributed by atoms with Crippen LogP contribution < -0.4 is 10.5 Å². The lowest BCUT2D eigenvalue weighted by atomic mass is 10.2. The zero-order chi connectivity index (χ0) is 15.8. The number of anilines is 1. The minimum atomic E-state index is -3.77. The standard InChI is InChI=1S/C12H17ClN2O4S2/c1-8-11(13)6-10(7-12(8)14)21(18,19)15-9-2-4-20(16,17)5-3-9/h6-7,9,15H,2-5,14H2,1H3. The lowest BCUT2D eigenvalue weighted by Gasteiger charge is -2.23. The highest BCUT2D eigenvalue weighted by atomic mass is 35.5. The van der Waals surface area contributed by atoms with Gasteiger partial charge >= 0.3 is 0 Å². The summed E-state index contributed by atoms with van der Waals surface area (Å²) in [6.45, 7) is 1.70. The summed E-state index contributed by atoms with van der Waals surface area (Å²) in [5.74, 6) is -0.00599. The summed E-state index contributed by atoms with van der Waals surface area (Å²) < 4.78 is 49.8. The van der Waals surface area contributed by atoms with Gasteiger partial charge in [0.05, 0.1) is 16.4 Å². The molecule has 1 aliphatic heterocycles. The summed E-state index contributed by atoms with van der Waals surface area (Å²) in [7, 11) is -6.80. The minimum absolute atomic E-state index is 0.00300. The van der Waals surface area contributed by atoms with E-state index in [9.17, 15) is 16.8 Å². The fourth-order valence-corrected chi connectivity index (χ4v) is 5.27. The monoisotopic (exact) mass is 352 g/mol. The van der Waals surface area contributed by atoms with Crippen LogP contribution in [0.5, 0.6) is 0 Å². The molecule has 0 aliphatic carbocycles. The van der Waals surface area contributed by atoms with Gasteiger partial charge in [-0.3, -0.25) is 0 Å².